The molecule has 0 aliphatic heterocycles. The summed E-state index contributed by atoms with van der Waals surface area (Å²) in [6, 6.07) is 14.2. The summed E-state index contributed by atoms with van der Waals surface area (Å²) >= 11 is 0. The molecule has 0 amide bonds. The zero-order valence-corrected chi connectivity index (χ0v) is 20.3. The fourth-order valence-corrected chi connectivity index (χ4v) is 4.16. The molecule has 0 heterocycles. The van der Waals surface area contributed by atoms with Crippen LogP contribution in [0.3, 0.4) is 0 Å². The van der Waals surface area contributed by atoms with Crippen LogP contribution in [0.25, 0.3) is 11.1 Å². The molecule has 6 nitrogen and oxygen atoms in total. The zero-order valence-electron chi connectivity index (χ0n) is 19.4. The Morgan fingerprint density at radius 3 is 2.38 bits per heavy atom. The minimum absolute atomic E-state index is 0.107. The Bertz CT molecular complexity index is 838. The van der Waals surface area contributed by atoms with Crippen LogP contribution in [0.2, 0.25) is 0 Å². The molecule has 0 saturated carbocycles. The molecule has 0 aliphatic carbocycles. The van der Waals surface area contributed by atoms with Gasteiger partial charge in [-0.2, -0.15) is 0 Å². The highest BCUT2D eigenvalue weighted by molar-refractivity contribution is 7.51. The van der Waals surface area contributed by atoms with Crippen molar-refractivity contribution in [1.82, 2.24) is 5.32 Å². The Morgan fingerprint density at radius 2 is 1.69 bits per heavy atom. The third-order valence-electron chi connectivity index (χ3n) is 5.30. The van der Waals surface area contributed by atoms with Crippen molar-refractivity contribution in [2.45, 2.75) is 58.4 Å². The summed E-state index contributed by atoms with van der Waals surface area (Å²) in [5.41, 5.74) is 3.08. The minimum atomic E-state index is -3.94. The van der Waals surface area contributed by atoms with Crippen molar-refractivity contribution < 1.29 is 23.8 Å². The van der Waals surface area contributed by atoms with Crippen LogP contribution in [0.1, 0.15) is 57.4 Å². The predicted molar refractivity (Wildman–Crippen MR) is 131 cm³/mol. The maximum Gasteiger partial charge on any atom is 0.325 e. The first-order chi connectivity index (χ1) is 15.4. The number of hydrogen-bond donors (Lipinski definition) is 3. The van der Waals surface area contributed by atoms with Gasteiger partial charge in [-0.15, -0.1) is 0 Å². The van der Waals surface area contributed by atoms with Gasteiger partial charge in [-0.25, -0.2) is 0 Å². The van der Waals surface area contributed by atoms with Gasteiger partial charge < -0.3 is 24.6 Å². The van der Waals surface area contributed by atoms with E-state index in [1.807, 2.05) is 24.3 Å². The molecule has 3 N–H and O–H groups in total. The molecule has 0 aromatic heterocycles. The number of benzene rings is 2. The van der Waals surface area contributed by atoms with Gasteiger partial charge in [-0.3, -0.25) is 4.57 Å². The second-order valence-electron chi connectivity index (χ2n) is 8.08. The van der Waals surface area contributed by atoms with E-state index in [0.29, 0.717) is 31.9 Å². The van der Waals surface area contributed by atoms with Crippen LogP contribution in [0.4, 0.5) is 0 Å². The van der Waals surface area contributed by atoms with Crippen molar-refractivity contribution in [3.8, 4) is 22.6 Å². The van der Waals surface area contributed by atoms with Crippen LogP contribution in [-0.2, 0) is 11.1 Å². The van der Waals surface area contributed by atoms with Gasteiger partial charge in [0.1, 0.15) is 0 Å². The van der Waals surface area contributed by atoms with E-state index in [9.17, 15) is 4.57 Å². The molecule has 0 unspecified atom stereocenters. The Balaban J connectivity index is 2.07. The third kappa shape index (κ3) is 9.74. The largest absolute Gasteiger partial charge is 0.493 e. The maximum atomic E-state index is 11.0. The highest BCUT2D eigenvalue weighted by atomic mass is 31.2. The van der Waals surface area contributed by atoms with Gasteiger partial charge in [0.25, 0.3) is 0 Å². The number of methoxy groups -OCH3 is 1. The molecular formula is C25H38NO5P. The molecule has 0 bridgehead atoms. The van der Waals surface area contributed by atoms with E-state index in [-0.39, 0.29) is 6.16 Å². The van der Waals surface area contributed by atoms with Crippen molar-refractivity contribution in [3.63, 3.8) is 0 Å². The van der Waals surface area contributed by atoms with E-state index < -0.39 is 7.60 Å². The molecule has 2 aromatic rings. The van der Waals surface area contributed by atoms with Crippen molar-refractivity contribution in [3.05, 3.63) is 48.0 Å². The molecule has 0 spiro atoms. The van der Waals surface area contributed by atoms with E-state index in [1.54, 1.807) is 7.11 Å². The second-order valence-corrected chi connectivity index (χ2v) is 9.85. The van der Waals surface area contributed by atoms with Gasteiger partial charge in [0.05, 0.1) is 19.9 Å². The Labute approximate surface area is 192 Å². The first-order valence-corrected chi connectivity index (χ1v) is 13.4. The molecule has 0 radical (unpaired) electrons. The minimum Gasteiger partial charge on any atom is -0.493 e. The van der Waals surface area contributed by atoms with Crippen LogP contribution >= 0.6 is 7.60 Å². The maximum absolute atomic E-state index is 11.0. The summed E-state index contributed by atoms with van der Waals surface area (Å²) in [6.45, 7) is 3.99. The number of rotatable bonds is 16. The van der Waals surface area contributed by atoms with Gasteiger partial charge in [-0.1, -0.05) is 69.4 Å². The molecular weight excluding hydrogens is 425 g/mol. The Morgan fingerprint density at radius 1 is 0.969 bits per heavy atom. The molecule has 0 saturated heterocycles. The Kier molecular flexibility index (Phi) is 11.8. The molecule has 178 valence electrons. The van der Waals surface area contributed by atoms with Crippen molar-refractivity contribution in [2.75, 3.05) is 26.4 Å². The lowest BCUT2D eigenvalue weighted by molar-refractivity contribution is 0.285. The molecule has 2 aromatic carbocycles. The summed E-state index contributed by atoms with van der Waals surface area (Å²) in [4.78, 5) is 18.0. The van der Waals surface area contributed by atoms with Gasteiger partial charge >= 0.3 is 7.60 Å². The second kappa shape index (κ2) is 14.3. The van der Waals surface area contributed by atoms with Crippen molar-refractivity contribution in [1.29, 1.82) is 0 Å². The Hall–Kier alpha value is -1.85. The fraction of sp³-hybridized carbons (Fsp3) is 0.520. The molecule has 0 atom stereocenters. The number of nitrogens with one attached hydrogen (secondary N) is 1. The number of hydrogen-bond acceptors (Lipinski definition) is 4. The molecule has 2 rings (SSSR count). The summed E-state index contributed by atoms with van der Waals surface area (Å²) in [7, 11) is -2.29. The van der Waals surface area contributed by atoms with Crippen LogP contribution in [0, 0.1) is 0 Å². The average molecular weight is 464 g/mol. The molecule has 7 heteroatoms. The van der Waals surface area contributed by atoms with E-state index in [2.05, 4.69) is 30.4 Å². The normalized spacial score (nSPS) is 11.5. The van der Waals surface area contributed by atoms with Crippen LogP contribution in [0.15, 0.2) is 42.5 Å². The first-order valence-electron chi connectivity index (χ1n) is 11.6. The van der Waals surface area contributed by atoms with Gasteiger partial charge in [-0.05, 0) is 42.6 Å². The smallest absolute Gasteiger partial charge is 0.325 e. The van der Waals surface area contributed by atoms with Crippen LogP contribution in [-0.4, -0.2) is 36.2 Å². The van der Waals surface area contributed by atoms with E-state index in [4.69, 9.17) is 19.3 Å². The zero-order chi connectivity index (χ0) is 23.2. The lowest BCUT2D eigenvalue weighted by atomic mass is 10.0. The van der Waals surface area contributed by atoms with Gasteiger partial charge in [0.15, 0.2) is 11.5 Å². The standard InChI is InChI=1S/C25H38NO5P/c1-3-4-5-6-7-11-16-31-25-23(22-13-9-8-10-14-22)18-21(19-24(25)30-2)20-26-15-12-17-32(27,28)29/h8-10,13-14,18-19,26H,3-7,11-12,15-17,20H2,1-2H3,(H2,27,28,29). The summed E-state index contributed by atoms with van der Waals surface area (Å²) < 4.78 is 22.9. The van der Waals surface area contributed by atoms with Crippen LogP contribution < -0.4 is 14.8 Å². The summed E-state index contributed by atoms with van der Waals surface area (Å²) in [5, 5.41) is 3.26. The number of unbranched alkanes of at least 4 members (excludes halogenated alkanes) is 5. The third-order valence-corrected chi connectivity index (χ3v) is 6.19. The lowest BCUT2D eigenvalue weighted by Gasteiger charge is -2.18. The quantitative estimate of drug-likeness (QED) is 0.217. The highest BCUT2D eigenvalue weighted by Crippen LogP contribution is 2.40. The SMILES string of the molecule is CCCCCCCCOc1c(OC)cc(CNCCCP(=O)(O)O)cc1-c1ccccc1. The topological polar surface area (TPSA) is 88.0 Å². The monoisotopic (exact) mass is 463 g/mol. The fourth-order valence-electron chi connectivity index (χ4n) is 3.59. The summed E-state index contributed by atoms with van der Waals surface area (Å²) in [5.74, 6) is 1.46. The average Bonchev–Trinajstić information content (AvgIpc) is 2.78. The molecule has 0 fully saturated rings. The van der Waals surface area contributed by atoms with E-state index >= 15 is 0 Å². The number of ether oxygens (including phenoxy) is 2. The van der Waals surface area contributed by atoms with E-state index in [1.165, 1.54) is 32.1 Å². The molecule has 32 heavy (non-hydrogen) atoms. The first kappa shape index (κ1) is 26.4. The van der Waals surface area contributed by atoms with Crippen LogP contribution in [0.5, 0.6) is 11.5 Å². The highest BCUT2D eigenvalue weighted by Gasteiger charge is 2.16. The summed E-state index contributed by atoms with van der Waals surface area (Å²) in [6.07, 6.45) is 7.57. The predicted octanol–water partition coefficient (Wildman–Crippen LogP) is 5.76. The van der Waals surface area contributed by atoms with Gasteiger partial charge in [0, 0.05) is 12.1 Å². The van der Waals surface area contributed by atoms with Gasteiger partial charge in [0.2, 0.25) is 0 Å². The van der Waals surface area contributed by atoms with Crippen molar-refractivity contribution >= 4 is 7.60 Å². The lowest BCUT2D eigenvalue weighted by Crippen LogP contribution is -2.16. The molecule has 0 aliphatic rings. The van der Waals surface area contributed by atoms with E-state index in [0.717, 1.165) is 28.9 Å². The van der Waals surface area contributed by atoms with Crippen molar-refractivity contribution in [2.24, 2.45) is 0 Å².